The summed E-state index contributed by atoms with van der Waals surface area (Å²) >= 11 is 0. The Hall–Kier alpha value is -1.06. The van der Waals surface area contributed by atoms with E-state index < -0.39 is 23.3 Å². The highest BCUT2D eigenvalue weighted by atomic mass is 16.4. The van der Waals surface area contributed by atoms with Crippen LogP contribution in [0.1, 0.15) is 40.0 Å². The fourth-order valence-corrected chi connectivity index (χ4v) is 1.65. The van der Waals surface area contributed by atoms with Crippen molar-refractivity contribution in [3.63, 3.8) is 0 Å². The van der Waals surface area contributed by atoms with Crippen molar-refractivity contribution in [2.45, 2.75) is 40.0 Å². The fourth-order valence-electron chi connectivity index (χ4n) is 1.65. The first-order chi connectivity index (χ1) is 6.31. The van der Waals surface area contributed by atoms with E-state index in [1.54, 1.807) is 13.8 Å². The average molecular weight is 202 g/mol. The summed E-state index contributed by atoms with van der Waals surface area (Å²) in [7, 11) is 0. The first-order valence-electron chi connectivity index (χ1n) is 4.76. The maximum atomic E-state index is 10.9. The largest absolute Gasteiger partial charge is 0.481 e. The smallest absolute Gasteiger partial charge is 0.307 e. The lowest BCUT2D eigenvalue weighted by atomic mass is 9.74. The van der Waals surface area contributed by atoms with Crippen LogP contribution in [0.5, 0.6) is 0 Å². The third kappa shape index (κ3) is 3.77. The van der Waals surface area contributed by atoms with Crippen LogP contribution in [0.3, 0.4) is 0 Å². The number of rotatable bonds is 6. The van der Waals surface area contributed by atoms with E-state index in [1.165, 1.54) is 0 Å². The van der Waals surface area contributed by atoms with Crippen molar-refractivity contribution >= 4 is 11.9 Å². The molecule has 0 aliphatic carbocycles. The van der Waals surface area contributed by atoms with E-state index in [1.807, 2.05) is 6.92 Å². The van der Waals surface area contributed by atoms with E-state index in [4.69, 9.17) is 10.2 Å². The summed E-state index contributed by atoms with van der Waals surface area (Å²) in [6.07, 6.45) is 1.17. The van der Waals surface area contributed by atoms with Gasteiger partial charge in [-0.25, -0.2) is 0 Å². The van der Waals surface area contributed by atoms with Crippen LogP contribution in [0.4, 0.5) is 0 Å². The zero-order chi connectivity index (χ0) is 11.4. The standard InChI is InChI=1S/C10H18O4/c1-4-5-7(9(13)14)10(2,3)6-8(11)12/h7H,4-6H2,1-3H3,(H,11,12)(H,13,14). The average Bonchev–Trinajstić information content (AvgIpc) is 1.96. The van der Waals surface area contributed by atoms with Crippen molar-refractivity contribution < 1.29 is 19.8 Å². The molecule has 2 N–H and O–H groups in total. The minimum Gasteiger partial charge on any atom is -0.481 e. The second kappa shape index (κ2) is 4.98. The summed E-state index contributed by atoms with van der Waals surface area (Å²) in [5.41, 5.74) is -0.687. The van der Waals surface area contributed by atoms with E-state index >= 15 is 0 Å². The molecule has 0 saturated carbocycles. The van der Waals surface area contributed by atoms with Gasteiger partial charge in [-0.3, -0.25) is 9.59 Å². The molecule has 0 aromatic heterocycles. The fraction of sp³-hybridized carbons (Fsp3) is 0.800. The predicted octanol–water partition coefficient (Wildman–Crippen LogP) is 1.99. The Labute approximate surface area is 83.9 Å². The molecule has 0 aromatic rings. The molecular formula is C10H18O4. The third-order valence-corrected chi connectivity index (χ3v) is 2.43. The zero-order valence-electron chi connectivity index (χ0n) is 8.91. The molecule has 0 amide bonds. The molecule has 0 spiro atoms. The SMILES string of the molecule is CCCC(C(=O)O)C(C)(C)CC(=O)O. The van der Waals surface area contributed by atoms with E-state index in [0.29, 0.717) is 6.42 Å². The molecule has 0 aliphatic rings. The van der Waals surface area contributed by atoms with Crippen molar-refractivity contribution in [3.05, 3.63) is 0 Å². The van der Waals surface area contributed by atoms with Gasteiger partial charge in [0.1, 0.15) is 0 Å². The van der Waals surface area contributed by atoms with Gasteiger partial charge in [0.25, 0.3) is 0 Å². The van der Waals surface area contributed by atoms with Gasteiger partial charge < -0.3 is 10.2 Å². The Kier molecular flexibility index (Phi) is 4.60. The number of carboxylic acids is 2. The van der Waals surface area contributed by atoms with Gasteiger partial charge in [0.2, 0.25) is 0 Å². The van der Waals surface area contributed by atoms with Gasteiger partial charge in [-0.1, -0.05) is 27.2 Å². The number of hydrogen-bond donors (Lipinski definition) is 2. The molecule has 0 saturated heterocycles. The van der Waals surface area contributed by atoms with Crippen LogP contribution in [-0.4, -0.2) is 22.2 Å². The van der Waals surface area contributed by atoms with Crippen LogP contribution in [0.15, 0.2) is 0 Å². The minimum absolute atomic E-state index is 0.107. The van der Waals surface area contributed by atoms with Gasteiger partial charge in [-0.2, -0.15) is 0 Å². The normalized spacial score (nSPS) is 13.6. The van der Waals surface area contributed by atoms with E-state index in [2.05, 4.69) is 0 Å². The zero-order valence-corrected chi connectivity index (χ0v) is 8.91. The van der Waals surface area contributed by atoms with E-state index in [-0.39, 0.29) is 6.42 Å². The molecule has 0 rings (SSSR count). The topological polar surface area (TPSA) is 74.6 Å². The summed E-state index contributed by atoms with van der Waals surface area (Å²) in [5, 5.41) is 17.6. The van der Waals surface area contributed by atoms with Crippen LogP contribution in [0.2, 0.25) is 0 Å². The summed E-state index contributed by atoms with van der Waals surface area (Å²) in [6.45, 7) is 5.28. The quantitative estimate of drug-likeness (QED) is 0.690. The Morgan fingerprint density at radius 3 is 2.07 bits per heavy atom. The number of hydrogen-bond acceptors (Lipinski definition) is 2. The monoisotopic (exact) mass is 202 g/mol. The van der Waals surface area contributed by atoms with Gasteiger partial charge in [0, 0.05) is 0 Å². The van der Waals surface area contributed by atoms with Crippen LogP contribution in [0.25, 0.3) is 0 Å². The van der Waals surface area contributed by atoms with Crippen LogP contribution >= 0.6 is 0 Å². The summed E-state index contributed by atoms with van der Waals surface area (Å²) in [6, 6.07) is 0. The molecule has 14 heavy (non-hydrogen) atoms. The molecule has 0 radical (unpaired) electrons. The van der Waals surface area contributed by atoms with Gasteiger partial charge in [0.05, 0.1) is 12.3 Å². The molecule has 0 bridgehead atoms. The first kappa shape index (κ1) is 12.9. The second-order valence-electron chi connectivity index (χ2n) is 4.24. The molecule has 0 heterocycles. The molecule has 82 valence electrons. The lowest BCUT2D eigenvalue weighted by molar-refractivity contribution is -0.149. The number of carbonyl (C=O) groups is 2. The van der Waals surface area contributed by atoms with Crippen molar-refractivity contribution in [3.8, 4) is 0 Å². The van der Waals surface area contributed by atoms with Crippen LogP contribution in [-0.2, 0) is 9.59 Å². The Balaban J connectivity index is 4.61. The van der Waals surface area contributed by atoms with Crippen molar-refractivity contribution in [1.29, 1.82) is 0 Å². The molecule has 1 atom stereocenters. The molecule has 1 unspecified atom stereocenters. The lowest BCUT2D eigenvalue weighted by Crippen LogP contribution is -2.33. The van der Waals surface area contributed by atoms with Gasteiger partial charge in [-0.05, 0) is 11.8 Å². The maximum Gasteiger partial charge on any atom is 0.307 e. The molecular weight excluding hydrogens is 184 g/mol. The van der Waals surface area contributed by atoms with Crippen LogP contribution in [0, 0.1) is 11.3 Å². The first-order valence-corrected chi connectivity index (χ1v) is 4.76. The number of carboxylic acid groups (broad SMARTS) is 2. The van der Waals surface area contributed by atoms with Gasteiger partial charge in [0.15, 0.2) is 0 Å². The minimum atomic E-state index is -0.947. The van der Waals surface area contributed by atoms with Crippen molar-refractivity contribution in [1.82, 2.24) is 0 Å². The summed E-state index contributed by atoms with van der Waals surface area (Å²) < 4.78 is 0. The maximum absolute atomic E-state index is 10.9. The summed E-state index contributed by atoms with van der Waals surface area (Å²) in [4.78, 5) is 21.5. The molecule has 4 nitrogen and oxygen atoms in total. The summed E-state index contributed by atoms with van der Waals surface area (Å²) in [5.74, 6) is -2.43. The van der Waals surface area contributed by atoms with Gasteiger partial charge in [-0.15, -0.1) is 0 Å². The molecule has 0 aliphatic heterocycles. The van der Waals surface area contributed by atoms with Crippen LogP contribution < -0.4 is 0 Å². The highest BCUT2D eigenvalue weighted by Crippen LogP contribution is 2.34. The Bertz CT molecular complexity index is 220. The van der Waals surface area contributed by atoms with Gasteiger partial charge >= 0.3 is 11.9 Å². The highest BCUT2D eigenvalue weighted by Gasteiger charge is 2.36. The predicted molar refractivity (Wildman–Crippen MR) is 52.1 cm³/mol. The molecule has 0 fully saturated rings. The van der Waals surface area contributed by atoms with Crippen molar-refractivity contribution in [2.24, 2.45) is 11.3 Å². The highest BCUT2D eigenvalue weighted by molar-refractivity contribution is 5.73. The Morgan fingerprint density at radius 2 is 1.79 bits per heavy atom. The molecule has 4 heteroatoms. The van der Waals surface area contributed by atoms with Crippen molar-refractivity contribution in [2.75, 3.05) is 0 Å². The van der Waals surface area contributed by atoms with E-state index in [0.717, 1.165) is 6.42 Å². The third-order valence-electron chi connectivity index (χ3n) is 2.43. The lowest BCUT2D eigenvalue weighted by Gasteiger charge is -2.29. The number of aliphatic carboxylic acids is 2. The van der Waals surface area contributed by atoms with E-state index in [9.17, 15) is 9.59 Å². The Morgan fingerprint density at radius 1 is 1.29 bits per heavy atom. The molecule has 0 aromatic carbocycles. The second-order valence-corrected chi connectivity index (χ2v) is 4.24.